The van der Waals surface area contributed by atoms with Crippen LogP contribution < -0.4 is 5.73 Å². The second kappa shape index (κ2) is 6.61. The van der Waals surface area contributed by atoms with Crippen LogP contribution >= 0.6 is 11.8 Å². The second-order valence-electron chi connectivity index (χ2n) is 4.21. The highest BCUT2D eigenvalue weighted by molar-refractivity contribution is 7.99. The van der Waals surface area contributed by atoms with Crippen LogP contribution in [0.2, 0.25) is 0 Å². The van der Waals surface area contributed by atoms with Crippen LogP contribution in [-0.4, -0.2) is 15.5 Å². The number of thioether (sulfide) groups is 1. The van der Waals surface area contributed by atoms with Gasteiger partial charge in [-0.3, -0.25) is 4.68 Å². The molecule has 0 spiro atoms. The minimum atomic E-state index is 0.0317. The lowest BCUT2D eigenvalue weighted by molar-refractivity contribution is 0.554. The third-order valence-electron chi connectivity index (χ3n) is 2.74. The van der Waals surface area contributed by atoms with Crippen molar-refractivity contribution in [1.82, 2.24) is 9.78 Å². The molecule has 2 aromatic rings. The maximum absolute atomic E-state index is 6.24. The predicted octanol–water partition coefficient (Wildman–Crippen LogP) is 3.09. The summed E-state index contributed by atoms with van der Waals surface area (Å²) in [5.74, 6) is 0.874. The Hall–Kier alpha value is -1.26. The smallest absolute Gasteiger partial charge is 0.0562 e. The molecule has 1 aromatic carbocycles. The standard InChI is InChI=1S/C14H19N3S/c1-2-10-17-14(8-9-16-17)13(15)11-18-12-6-4-3-5-7-12/h3-9,13H,2,10-11,15H2,1H3. The Morgan fingerprint density at radius 1 is 1.28 bits per heavy atom. The molecule has 0 saturated heterocycles. The summed E-state index contributed by atoms with van der Waals surface area (Å²) in [6.07, 6.45) is 2.91. The largest absolute Gasteiger partial charge is 0.322 e. The Labute approximate surface area is 112 Å². The molecule has 4 heteroatoms. The normalized spacial score (nSPS) is 12.6. The maximum Gasteiger partial charge on any atom is 0.0562 e. The first-order chi connectivity index (χ1) is 8.81. The van der Waals surface area contributed by atoms with Gasteiger partial charge in [-0.15, -0.1) is 11.8 Å². The quantitative estimate of drug-likeness (QED) is 0.813. The van der Waals surface area contributed by atoms with Gasteiger partial charge in [-0.25, -0.2) is 0 Å². The maximum atomic E-state index is 6.24. The number of hydrogen-bond acceptors (Lipinski definition) is 3. The van der Waals surface area contributed by atoms with Crippen molar-refractivity contribution in [1.29, 1.82) is 0 Å². The zero-order valence-corrected chi connectivity index (χ0v) is 11.4. The van der Waals surface area contributed by atoms with Crippen LogP contribution in [0, 0.1) is 0 Å². The summed E-state index contributed by atoms with van der Waals surface area (Å²) in [6, 6.07) is 12.4. The van der Waals surface area contributed by atoms with Crippen molar-refractivity contribution in [2.75, 3.05) is 5.75 Å². The van der Waals surface area contributed by atoms with Gasteiger partial charge in [0.1, 0.15) is 0 Å². The number of nitrogens with zero attached hydrogens (tertiary/aromatic N) is 2. The Morgan fingerprint density at radius 2 is 2.06 bits per heavy atom. The molecule has 0 fully saturated rings. The molecule has 1 aromatic heterocycles. The molecule has 3 nitrogen and oxygen atoms in total. The summed E-state index contributed by atoms with van der Waals surface area (Å²) in [7, 11) is 0. The number of aromatic nitrogens is 2. The highest BCUT2D eigenvalue weighted by Crippen LogP contribution is 2.23. The molecule has 1 unspecified atom stereocenters. The van der Waals surface area contributed by atoms with Crippen molar-refractivity contribution >= 4 is 11.8 Å². The summed E-state index contributed by atoms with van der Waals surface area (Å²) in [5, 5.41) is 4.31. The van der Waals surface area contributed by atoms with Gasteiger partial charge in [0.15, 0.2) is 0 Å². The highest BCUT2D eigenvalue weighted by Gasteiger charge is 2.11. The fourth-order valence-corrected chi connectivity index (χ4v) is 2.74. The molecule has 1 atom stereocenters. The van der Waals surface area contributed by atoms with E-state index in [2.05, 4.69) is 36.3 Å². The van der Waals surface area contributed by atoms with E-state index in [9.17, 15) is 0 Å². The zero-order valence-electron chi connectivity index (χ0n) is 10.6. The van der Waals surface area contributed by atoms with Gasteiger partial charge in [0.2, 0.25) is 0 Å². The summed E-state index contributed by atoms with van der Waals surface area (Å²) in [4.78, 5) is 1.26. The van der Waals surface area contributed by atoms with E-state index in [4.69, 9.17) is 5.73 Å². The number of benzene rings is 1. The minimum Gasteiger partial charge on any atom is -0.322 e. The van der Waals surface area contributed by atoms with E-state index in [1.54, 1.807) is 11.8 Å². The Balaban J connectivity index is 1.95. The van der Waals surface area contributed by atoms with Crippen LogP contribution in [-0.2, 0) is 6.54 Å². The van der Waals surface area contributed by atoms with Gasteiger partial charge in [-0.05, 0) is 24.6 Å². The van der Waals surface area contributed by atoms with Gasteiger partial charge in [0.05, 0.1) is 11.7 Å². The average molecular weight is 261 g/mol. The highest BCUT2D eigenvalue weighted by atomic mass is 32.2. The Morgan fingerprint density at radius 3 is 2.78 bits per heavy atom. The Bertz CT molecular complexity index is 467. The summed E-state index contributed by atoms with van der Waals surface area (Å²) >= 11 is 1.79. The van der Waals surface area contributed by atoms with E-state index < -0.39 is 0 Å². The van der Waals surface area contributed by atoms with Crippen molar-refractivity contribution in [2.24, 2.45) is 5.73 Å². The van der Waals surface area contributed by atoms with Crippen LogP contribution in [0.4, 0.5) is 0 Å². The van der Waals surface area contributed by atoms with Crippen molar-refractivity contribution in [3.8, 4) is 0 Å². The molecule has 96 valence electrons. The SMILES string of the molecule is CCCn1nccc1C(N)CSc1ccccc1. The van der Waals surface area contributed by atoms with E-state index in [0.29, 0.717) is 0 Å². The molecular weight excluding hydrogens is 242 g/mol. The monoisotopic (exact) mass is 261 g/mol. The van der Waals surface area contributed by atoms with E-state index >= 15 is 0 Å². The van der Waals surface area contributed by atoms with E-state index in [0.717, 1.165) is 24.4 Å². The molecule has 0 bridgehead atoms. The van der Waals surface area contributed by atoms with E-state index in [1.807, 2.05) is 23.0 Å². The number of nitrogens with two attached hydrogens (primary N) is 1. The van der Waals surface area contributed by atoms with Crippen LogP contribution in [0.1, 0.15) is 25.1 Å². The van der Waals surface area contributed by atoms with Crippen LogP contribution in [0.15, 0.2) is 47.5 Å². The van der Waals surface area contributed by atoms with Gasteiger partial charge in [-0.1, -0.05) is 25.1 Å². The first kappa shape index (κ1) is 13.2. The van der Waals surface area contributed by atoms with Crippen LogP contribution in [0.25, 0.3) is 0 Å². The second-order valence-corrected chi connectivity index (χ2v) is 5.30. The molecule has 2 rings (SSSR count). The first-order valence-corrected chi connectivity index (χ1v) is 7.25. The van der Waals surface area contributed by atoms with Crippen molar-refractivity contribution < 1.29 is 0 Å². The lowest BCUT2D eigenvalue weighted by Crippen LogP contribution is -2.18. The topological polar surface area (TPSA) is 43.8 Å². The molecule has 0 aliphatic heterocycles. The summed E-state index contributed by atoms with van der Waals surface area (Å²) in [5.41, 5.74) is 7.36. The number of hydrogen-bond donors (Lipinski definition) is 1. The fraction of sp³-hybridized carbons (Fsp3) is 0.357. The van der Waals surface area contributed by atoms with Crippen molar-refractivity contribution in [3.63, 3.8) is 0 Å². The summed E-state index contributed by atoms with van der Waals surface area (Å²) in [6.45, 7) is 3.09. The minimum absolute atomic E-state index is 0.0317. The van der Waals surface area contributed by atoms with Crippen LogP contribution in [0.5, 0.6) is 0 Å². The number of rotatable bonds is 6. The molecule has 0 aliphatic rings. The third kappa shape index (κ3) is 3.37. The lowest BCUT2D eigenvalue weighted by atomic mass is 10.2. The van der Waals surface area contributed by atoms with Gasteiger partial charge in [0, 0.05) is 23.4 Å². The van der Waals surface area contributed by atoms with Gasteiger partial charge < -0.3 is 5.73 Å². The lowest BCUT2D eigenvalue weighted by Gasteiger charge is -2.13. The first-order valence-electron chi connectivity index (χ1n) is 6.26. The molecule has 0 radical (unpaired) electrons. The van der Waals surface area contributed by atoms with Crippen molar-refractivity contribution in [2.45, 2.75) is 30.8 Å². The fourth-order valence-electron chi connectivity index (χ4n) is 1.84. The average Bonchev–Trinajstić information content (AvgIpc) is 2.86. The molecule has 2 N–H and O–H groups in total. The number of aryl methyl sites for hydroxylation is 1. The van der Waals surface area contributed by atoms with Gasteiger partial charge in [-0.2, -0.15) is 5.10 Å². The van der Waals surface area contributed by atoms with Crippen molar-refractivity contribution in [3.05, 3.63) is 48.3 Å². The zero-order chi connectivity index (χ0) is 12.8. The Kier molecular flexibility index (Phi) is 4.84. The molecule has 1 heterocycles. The molecule has 18 heavy (non-hydrogen) atoms. The third-order valence-corrected chi connectivity index (χ3v) is 3.87. The van der Waals surface area contributed by atoms with E-state index in [-0.39, 0.29) is 6.04 Å². The molecule has 0 aliphatic carbocycles. The van der Waals surface area contributed by atoms with Gasteiger partial charge in [0.25, 0.3) is 0 Å². The molecule has 0 amide bonds. The van der Waals surface area contributed by atoms with Gasteiger partial charge >= 0.3 is 0 Å². The van der Waals surface area contributed by atoms with Crippen LogP contribution in [0.3, 0.4) is 0 Å². The summed E-state index contributed by atoms with van der Waals surface area (Å²) < 4.78 is 2.01. The molecule has 0 saturated carbocycles. The predicted molar refractivity (Wildman–Crippen MR) is 76.6 cm³/mol. The van der Waals surface area contributed by atoms with E-state index in [1.165, 1.54) is 4.90 Å². The molecular formula is C14H19N3S.